The lowest BCUT2D eigenvalue weighted by Crippen LogP contribution is -2.59. The van der Waals surface area contributed by atoms with Crippen LogP contribution in [0.3, 0.4) is 0 Å². The smallest absolute Gasteiger partial charge is 0.248 e. The number of rotatable bonds is 16. The fraction of sp³-hybridized carbons (Fsp3) is 0.618. The third-order valence-electron chi connectivity index (χ3n) is 9.63. The van der Waals surface area contributed by atoms with Crippen LogP contribution in [-0.2, 0) is 25.5 Å². The molecule has 3 aliphatic rings. The van der Waals surface area contributed by atoms with Crippen molar-refractivity contribution in [2.45, 2.75) is 89.0 Å². The third-order valence-corrected chi connectivity index (χ3v) is 9.63. The molecule has 1 aromatic rings. The average molecular weight is 580 g/mol. The number of hydrogen-bond donors (Lipinski definition) is 1. The van der Waals surface area contributed by atoms with Crippen molar-refractivity contribution in [2.24, 2.45) is 11.8 Å². The summed E-state index contributed by atoms with van der Waals surface area (Å²) >= 11 is 0. The Hall–Kier alpha value is -2.97. The Balaban J connectivity index is 1.84. The van der Waals surface area contributed by atoms with Crippen molar-refractivity contribution >= 4 is 17.7 Å². The lowest BCUT2D eigenvalue weighted by molar-refractivity contribution is -0.158. The van der Waals surface area contributed by atoms with Crippen molar-refractivity contribution in [1.82, 2.24) is 14.7 Å². The highest BCUT2D eigenvalue weighted by Crippen LogP contribution is 2.65. The first-order valence-electron chi connectivity index (χ1n) is 15.8. The van der Waals surface area contributed by atoms with Gasteiger partial charge in [-0.1, -0.05) is 69.7 Å². The number of hydrogen-bond acceptors (Lipinski definition) is 5. The molecule has 0 saturated carbocycles. The maximum Gasteiger partial charge on any atom is 0.248 e. The van der Waals surface area contributed by atoms with Crippen LogP contribution in [0.2, 0.25) is 0 Å². The van der Waals surface area contributed by atoms with Gasteiger partial charge in [-0.25, -0.2) is 0 Å². The number of carbonyl (C=O) groups excluding carboxylic acids is 3. The van der Waals surface area contributed by atoms with Gasteiger partial charge in [0.05, 0.1) is 30.1 Å². The van der Waals surface area contributed by atoms with Crippen LogP contribution in [0.5, 0.6) is 0 Å². The van der Waals surface area contributed by atoms with E-state index >= 15 is 0 Å². The van der Waals surface area contributed by atoms with Crippen LogP contribution in [0.1, 0.15) is 64.9 Å². The van der Waals surface area contributed by atoms with Gasteiger partial charge in [-0.05, 0) is 44.1 Å². The number of likely N-dealkylation sites (tertiary alicyclic amines) is 1. The van der Waals surface area contributed by atoms with E-state index < -0.39 is 35.1 Å². The molecular formula is C34H49N3O5. The van der Waals surface area contributed by atoms with Crippen molar-refractivity contribution in [3.63, 3.8) is 0 Å². The summed E-state index contributed by atoms with van der Waals surface area (Å²) in [6, 6.07) is 8.13. The lowest BCUT2D eigenvalue weighted by Gasteiger charge is -2.39. The number of unbranched alkanes of at least 4 members (excludes halogenated alkanes) is 1. The van der Waals surface area contributed by atoms with Crippen molar-refractivity contribution in [3.05, 3.63) is 61.2 Å². The number of carbonyl (C=O) groups is 3. The van der Waals surface area contributed by atoms with Gasteiger partial charge in [0.1, 0.15) is 11.6 Å². The zero-order chi connectivity index (χ0) is 30.5. The van der Waals surface area contributed by atoms with Crippen molar-refractivity contribution in [2.75, 3.05) is 32.8 Å². The number of amides is 3. The van der Waals surface area contributed by atoms with Gasteiger partial charge in [-0.2, -0.15) is 0 Å². The maximum absolute atomic E-state index is 14.7. The van der Waals surface area contributed by atoms with E-state index in [1.54, 1.807) is 26.9 Å². The van der Waals surface area contributed by atoms with Gasteiger partial charge in [0.15, 0.2) is 0 Å². The Morgan fingerprint density at radius 2 is 1.71 bits per heavy atom. The van der Waals surface area contributed by atoms with Gasteiger partial charge in [-0.3, -0.25) is 14.4 Å². The Bertz CT molecular complexity index is 1140. The van der Waals surface area contributed by atoms with E-state index in [1.165, 1.54) is 0 Å². The molecule has 3 heterocycles. The zero-order valence-corrected chi connectivity index (χ0v) is 25.7. The van der Waals surface area contributed by atoms with Gasteiger partial charge < -0.3 is 24.5 Å². The van der Waals surface area contributed by atoms with E-state index in [2.05, 4.69) is 20.1 Å². The van der Waals surface area contributed by atoms with Gasteiger partial charge in [0, 0.05) is 26.2 Å². The Morgan fingerprint density at radius 1 is 1.05 bits per heavy atom. The fourth-order valence-electron chi connectivity index (χ4n) is 7.72. The van der Waals surface area contributed by atoms with Gasteiger partial charge in [0.25, 0.3) is 0 Å². The summed E-state index contributed by atoms with van der Waals surface area (Å²) < 4.78 is 6.98. The molecule has 1 spiro atoms. The highest BCUT2D eigenvalue weighted by molar-refractivity contribution is 5.99. The molecule has 0 aromatic heterocycles. The Labute approximate surface area is 251 Å². The molecule has 2 unspecified atom stereocenters. The summed E-state index contributed by atoms with van der Waals surface area (Å²) in [6.07, 6.45) is 8.02. The first-order valence-corrected chi connectivity index (χ1v) is 15.8. The predicted octanol–water partition coefficient (Wildman–Crippen LogP) is 3.98. The topological polar surface area (TPSA) is 90.4 Å². The third kappa shape index (κ3) is 5.44. The van der Waals surface area contributed by atoms with E-state index in [1.807, 2.05) is 44.2 Å². The van der Waals surface area contributed by atoms with Crippen LogP contribution < -0.4 is 0 Å². The molecule has 3 amide bonds. The molecular weight excluding hydrogens is 530 g/mol. The van der Waals surface area contributed by atoms with Crippen LogP contribution in [0.25, 0.3) is 0 Å². The quantitative estimate of drug-likeness (QED) is 0.299. The highest BCUT2D eigenvalue weighted by Gasteiger charge is 2.79. The lowest BCUT2D eigenvalue weighted by atomic mass is 9.64. The minimum absolute atomic E-state index is 0.107. The van der Waals surface area contributed by atoms with Crippen molar-refractivity contribution in [3.8, 4) is 0 Å². The van der Waals surface area contributed by atoms with Crippen LogP contribution in [0.15, 0.2) is 55.6 Å². The standard InChI is InChI=1S/C34H49N3O5/c1-6-11-22-36(21-9-4)32(41)29-34-18-17-33(10-5,42-34)27(30(39)35(19-7-2)20-8-3)28(34)31(40)37(29)26(24-38)23-25-15-13-12-14-16-25/h7,9,12-16,26-29,38H,2,4,6,8,10-11,17-24H2,1,3,5H3/t26-,27-,28+,29?,33+,34?/m1/s1. The van der Waals surface area contributed by atoms with Gasteiger partial charge >= 0.3 is 0 Å². The summed E-state index contributed by atoms with van der Waals surface area (Å²) in [5.74, 6) is -2.05. The molecule has 1 aromatic carbocycles. The van der Waals surface area contributed by atoms with E-state index in [4.69, 9.17) is 4.74 Å². The second-order valence-electron chi connectivity index (χ2n) is 12.1. The van der Waals surface area contributed by atoms with Crippen LogP contribution in [-0.4, -0.2) is 93.6 Å². The molecule has 3 saturated heterocycles. The van der Waals surface area contributed by atoms with E-state index in [-0.39, 0.29) is 24.3 Å². The number of benzene rings is 1. The second kappa shape index (κ2) is 13.6. The molecule has 3 aliphatic heterocycles. The summed E-state index contributed by atoms with van der Waals surface area (Å²) in [4.78, 5) is 48.8. The molecule has 8 heteroatoms. The van der Waals surface area contributed by atoms with E-state index in [9.17, 15) is 19.5 Å². The minimum atomic E-state index is -1.13. The molecule has 42 heavy (non-hydrogen) atoms. The maximum atomic E-state index is 14.7. The summed E-state index contributed by atoms with van der Waals surface area (Å²) in [6.45, 7) is 15.4. The molecule has 0 aliphatic carbocycles. The molecule has 8 nitrogen and oxygen atoms in total. The predicted molar refractivity (Wildman–Crippen MR) is 163 cm³/mol. The Morgan fingerprint density at radius 3 is 2.29 bits per heavy atom. The monoisotopic (exact) mass is 579 g/mol. The van der Waals surface area contributed by atoms with E-state index in [0.717, 1.165) is 24.8 Å². The average Bonchev–Trinajstić information content (AvgIpc) is 3.61. The summed E-state index contributed by atoms with van der Waals surface area (Å²) in [7, 11) is 0. The zero-order valence-electron chi connectivity index (χ0n) is 25.7. The molecule has 3 fully saturated rings. The first kappa shape index (κ1) is 32.0. The fourth-order valence-corrected chi connectivity index (χ4v) is 7.72. The van der Waals surface area contributed by atoms with Crippen LogP contribution >= 0.6 is 0 Å². The first-order chi connectivity index (χ1) is 20.3. The normalized spacial score (nSPS) is 28.4. The van der Waals surface area contributed by atoms with Gasteiger partial charge in [-0.15, -0.1) is 13.2 Å². The summed E-state index contributed by atoms with van der Waals surface area (Å²) in [5, 5.41) is 10.7. The largest absolute Gasteiger partial charge is 0.394 e. The highest BCUT2D eigenvalue weighted by atomic mass is 16.5. The van der Waals surface area contributed by atoms with Crippen molar-refractivity contribution in [1.29, 1.82) is 0 Å². The molecule has 230 valence electrons. The van der Waals surface area contributed by atoms with Crippen molar-refractivity contribution < 1.29 is 24.2 Å². The van der Waals surface area contributed by atoms with Crippen LogP contribution in [0, 0.1) is 11.8 Å². The number of fused-ring (bicyclic) bond motifs is 1. The number of ether oxygens (including phenoxy) is 1. The number of nitrogens with zero attached hydrogens (tertiary/aromatic N) is 3. The SMILES string of the molecule is C=CCN(CCCC)C(=O)C1N([C@@H](CO)Cc2ccccc2)C(=O)[C@@H]2[C@H](C(=O)N(CC=C)CCC)[C@]3(CC)CCC12O3. The molecule has 6 atom stereocenters. The number of aliphatic hydroxyl groups excluding tert-OH is 1. The Kier molecular flexibility index (Phi) is 10.3. The van der Waals surface area contributed by atoms with Gasteiger partial charge in [0.2, 0.25) is 17.7 Å². The minimum Gasteiger partial charge on any atom is -0.394 e. The molecule has 2 bridgehead atoms. The molecule has 1 N–H and O–H groups in total. The van der Waals surface area contributed by atoms with E-state index in [0.29, 0.717) is 51.9 Å². The van der Waals surface area contributed by atoms with Crippen LogP contribution in [0.4, 0.5) is 0 Å². The number of aliphatic hydroxyl groups is 1. The second-order valence-corrected chi connectivity index (χ2v) is 12.1. The molecule has 0 radical (unpaired) electrons. The molecule has 4 rings (SSSR count). The summed E-state index contributed by atoms with van der Waals surface area (Å²) in [5.41, 5.74) is -0.982.